The number of esters is 1. The molecule has 0 amide bonds. The van der Waals surface area contributed by atoms with E-state index in [0.717, 1.165) is 22.7 Å². The Morgan fingerprint density at radius 3 is 2.84 bits per heavy atom. The number of carbonyl (C=O) groups excluding carboxylic acids is 1. The van der Waals surface area contributed by atoms with E-state index in [2.05, 4.69) is 4.98 Å². The van der Waals surface area contributed by atoms with Gasteiger partial charge in [-0.25, -0.2) is 4.79 Å². The largest absolute Gasteiger partial charge is 0.508 e. The maximum atomic E-state index is 11.9. The lowest BCUT2D eigenvalue weighted by atomic mass is 10.0. The number of ether oxygens (including phenoxy) is 1. The number of nitrogen functional groups attached to an aromatic ring is 1. The number of rotatable bonds is 6. The average Bonchev–Trinajstić information content (AvgIpc) is 2.86. The molecular weight excluding hydrogens is 348 g/mol. The maximum absolute atomic E-state index is 11.9. The van der Waals surface area contributed by atoms with E-state index < -0.39 is 29.2 Å². The van der Waals surface area contributed by atoms with Gasteiger partial charge in [0.2, 0.25) is 0 Å². The van der Waals surface area contributed by atoms with Crippen molar-refractivity contribution in [2.75, 3.05) is 12.3 Å². The third-order valence-corrected chi connectivity index (χ3v) is 5.44. The lowest BCUT2D eigenvalue weighted by Gasteiger charge is -2.17. The van der Waals surface area contributed by atoms with Gasteiger partial charge < -0.3 is 26.4 Å². The Morgan fingerprint density at radius 2 is 2.24 bits per heavy atom. The molecule has 1 aromatic rings. The summed E-state index contributed by atoms with van der Waals surface area (Å²) in [6.07, 6.45) is 0.782. The summed E-state index contributed by atoms with van der Waals surface area (Å²) < 4.78 is 6.28. The Bertz CT molecular complexity index is 735. The van der Waals surface area contributed by atoms with Gasteiger partial charge >= 0.3 is 11.7 Å². The van der Waals surface area contributed by atoms with Crippen molar-refractivity contribution in [3.63, 3.8) is 0 Å². The molecule has 0 fully saturated rings. The monoisotopic (exact) mass is 370 g/mol. The van der Waals surface area contributed by atoms with Crippen LogP contribution in [0.2, 0.25) is 0 Å². The van der Waals surface area contributed by atoms with Crippen molar-refractivity contribution in [3.8, 4) is 0 Å². The van der Waals surface area contributed by atoms with Gasteiger partial charge in [-0.1, -0.05) is 32.0 Å². The van der Waals surface area contributed by atoms with Crippen molar-refractivity contribution >= 4 is 23.5 Å². The van der Waals surface area contributed by atoms with E-state index in [0.29, 0.717) is 0 Å². The Labute approximate surface area is 148 Å². The molecule has 0 saturated carbocycles. The van der Waals surface area contributed by atoms with Crippen molar-refractivity contribution in [1.29, 1.82) is 0 Å². The van der Waals surface area contributed by atoms with E-state index in [4.69, 9.17) is 16.2 Å². The van der Waals surface area contributed by atoms with Crippen molar-refractivity contribution in [1.82, 2.24) is 9.55 Å². The SMILES string of the molecule is CCC(C)[C@@H](N)C(=O)OCC1=C(O)C(O)[C@H](n2ccc(N)nc2=O)S1. The van der Waals surface area contributed by atoms with Crippen molar-refractivity contribution in [3.05, 3.63) is 33.4 Å². The highest BCUT2D eigenvalue weighted by Gasteiger charge is 2.37. The molecule has 0 saturated heterocycles. The number of aliphatic hydroxyl groups excluding tert-OH is 2. The van der Waals surface area contributed by atoms with Crippen LogP contribution in [0.4, 0.5) is 5.82 Å². The summed E-state index contributed by atoms with van der Waals surface area (Å²) in [5.74, 6) is -0.906. The number of hydrogen-bond donors (Lipinski definition) is 4. The first kappa shape index (κ1) is 19.3. The van der Waals surface area contributed by atoms with Gasteiger partial charge in [0.05, 0.1) is 4.91 Å². The van der Waals surface area contributed by atoms with E-state index in [1.165, 1.54) is 12.3 Å². The van der Waals surface area contributed by atoms with Gasteiger partial charge in [0.1, 0.15) is 35.7 Å². The Kier molecular flexibility index (Phi) is 6.09. The van der Waals surface area contributed by atoms with Crippen LogP contribution < -0.4 is 17.2 Å². The summed E-state index contributed by atoms with van der Waals surface area (Å²) in [7, 11) is 0. The average molecular weight is 370 g/mol. The highest BCUT2D eigenvalue weighted by atomic mass is 32.2. The molecule has 6 N–H and O–H groups in total. The van der Waals surface area contributed by atoms with Crippen LogP contribution in [0, 0.1) is 5.92 Å². The van der Waals surface area contributed by atoms with Crippen molar-refractivity contribution < 1.29 is 19.7 Å². The third-order valence-electron chi connectivity index (χ3n) is 4.10. The summed E-state index contributed by atoms with van der Waals surface area (Å²) in [6.45, 7) is 3.52. The van der Waals surface area contributed by atoms with Crippen LogP contribution in [0.1, 0.15) is 25.6 Å². The zero-order valence-corrected chi connectivity index (χ0v) is 14.8. The maximum Gasteiger partial charge on any atom is 0.350 e. The van der Waals surface area contributed by atoms with Gasteiger partial charge in [-0.05, 0) is 12.0 Å². The number of aliphatic hydroxyl groups is 2. The highest BCUT2D eigenvalue weighted by Crippen LogP contribution is 2.43. The van der Waals surface area contributed by atoms with Gasteiger partial charge in [0, 0.05) is 6.20 Å². The van der Waals surface area contributed by atoms with E-state index in [-0.39, 0.29) is 29.0 Å². The zero-order chi connectivity index (χ0) is 18.7. The second-order valence-corrected chi connectivity index (χ2v) is 7.03. The molecule has 2 unspecified atom stereocenters. The molecule has 4 atom stereocenters. The normalized spacial score (nSPS) is 22.7. The summed E-state index contributed by atoms with van der Waals surface area (Å²) in [5, 5.41) is 19.4. The van der Waals surface area contributed by atoms with Crippen LogP contribution in [0.5, 0.6) is 0 Å². The van der Waals surface area contributed by atoms with Gasteiger partial charge in [-0.2, -0.15) is 4.98 Å². The topological polar surface area (TPSA) is 154 Å². The number of thioether (sulfide) groups is 1. The number of hydrogen-bond acceptors (Lipinski definition) is 9. The predicted molar refractivity (Wildman–Crippen MR) is 93.6 cm³/mol. The molecule has 1 aliphatic rings. The summed E-state index contributed by atoms with van der Waals surface area (Å²) in [4.78, 5) is 27.7. The fraction of sp³-hybridized carbons (Fsp3) is 0.533. The van der Waals surface area contributed by atoms with Crippen LogP contribution in [0.15, 0.2) is 27.7 Å². The molecule has 25 heavy (non-hydrogen) atoms. The second-order valence-electron chi connectivity index (χ2n) is 5.82. The molecule has 0 radical (unpaired) electrons. The van der Waals surface area contributed by atoms with E-state index in [9.17, 15) is 19.8 Å². The molecule has 138 valence electrons. The van der Waals surface area contributed by atoms with Crippen LogP contribution >= 0.6 is 11.8 Å². The van der Waals surface area contributed by atoms with Crippen LogP contribution in [0.3, 0.4) is 0 Å². The van der Waals surface area contributed by atoms with Crippen molar-refractivity contribution in [2.45, 2.75) is 37.8 Å². The number of anilines is 1. The molecule has 2 rings (SSSR count). The smallest absolute Gasteiger partial charge is 0.350 e. The molecular formula is C15H22N4O5S. The number of nitrogens with zero attached hydrogens (tertiary/aromatic N) is 2. The zero-order valence-electron chi connectivity index (χ0n) is 14.0. The van der Waals surface area contributed by atoms with E-state index >= 15 is 0 Å². The number of aromatic nitrogens is 2. The lowest BCUT2D eigenvalue weighted by molar-refractivity contribution is -0.145. The van der Waals surface area contributed by atoms with E-state index in [1.807, 2.05) is 13.8 Å². The molecule has 0 aromatic carbocycles. The van der Waals surface area contributed by atoms with Gasteiger partial charge in [0.15, 0.2) is 0 Å². The first-order valence-corrected chi connectivity index (χ1v) is 8.67. The van der Waals surface area contributed by atoms with Gasteiger partial charge in [0.25, 0.3) is 0 Å². The summed E-state index contributed by atoms with van der Waals surface area (Å²) in [6, 6.07) is 0.651. The fourth-order valence-corrected chi connectivity index (χ4v) is 3.42. The van der Waals surface area contributed by atoms with Crippen LogP contribution in [-0.4, -0.2) is 44.5 Å². The predicted octanol–water partition coefficient (Wildman–Crippen LogP) is 0.118. The quantitative estimate of drug-likeness (QED) is 0.511. The summed E-state index contributed by atoms with van der Waals surface area (Å²) >= 11 is 1.01. The third kappa shape index (κ3) is 4.14. The van der Waals surface area contributed by atoms with Gasteiger partial charge in [-0.3, -0.25) is 9.36 Å². The molecule has 2 heterocycles. The van der Waals surface area contributed by atoms with Crippen molar-refractivity contribution in [2.24, 2.45) is 11.7 Å². The first-order chi connectivity index (χ1) is 11.8. The summed E-state index contributed by atoms with van der Waals surface area (Å²) in [5.41, 5.74) is 10.6. The standard InChI is InChI=1S/C15H22N4O5S/c1-3-7(2)10(17)14(22)24-6-8-11(20)12(21)13(25-8)19-5-4-9(16)18-15(19)23/h4-5,7,10,12-13,20-21H,3,6,17H2,1-2H3,(H2,16,18,23)/t7?,10-,12?,13-/m1/s1. The van der Waals surface area contributed by atoms with Crippen LogP contribution in [0.25, 0.3) is 0 Å². The Balaban J connectivity index is 2.06. The van der Waals surface area contributed by atoms with E-state index in [1.54, 1.807) is 0 Å². The molecule has 10 heteroatoms. The highest BCUT2D eigenvalue weighted by molar-refractivity contribution is 8.03. The molecule has 0 bridgehead atoms. The minimum Gasteiger partial charge on any atom is -0.508 e. The minimum atomic E-state index is -1.33. The molecule has 9 nitrogen and oxygen atoms in total. The molecule has 0 spiro atoms. The second kappa shape index (κ2) is 7.89. The lowest BCUT2D eigenvalue weighted by Crippen LogP contribution is -2.38. The van der Waals surface area contributed by atoms with Gasteiger partial charge in [-0.15, -0.1) is 0 Å². The van der Waals surface area contributed by atoms with Crippen LogP contribution in [-0.2, 0) is 9.53 Å². The molecule has 0 aliphatic carbocycles. The fourth-order valence-electron chi connectivity index (χ4n) is 2.23. The minimum absolute atomic E-state index is 0.0379. The Morgan fingerprint density at radius 1 is 1.56 bits per heavy atom. The number of carbonyl (C=O) groups is 1. The number of nitrogens with two attached hydrogens (primary N) is 2. The first-order valence-electron chi connectivity index (χ1n) is 7.79. The Hall–Kier alpha value is -2.04. The molecule has 1 aromatic heterocycles. The molecule has 1 aliphatic heterocycles.